The summed E-state index contributed by atoms with van der Waals surface area (Å²) in [6, 6.07) is 13.3. The molecule has 0 radical (unpaired) electrons. The van der Waals surface area contributed by atoms with E-state index in [-0.39, 0.29) is 18.4 Å². The fourth-order valence-electron chi connectivity index (χ4n) is 2.66. The van der Waals surface area contributed by atoms with Gasteiger partial charge in [0.2, 0.25) is 0 Å². The van der Waals surface area contributed by atoms with Gasteiger partial charge < -0.3 is 20.3 Å². The van der Waals surface area contributed by atoms with Crippen LogP contribution in [0.25, 0.3) is 0 Å². The number of aryl methyl sites for hydroxylation is 1. The van der Waals surface area contributed by atoms with Crippen molar-refractivity contribution in [2.75, 3.05) is 12.8 Å². The maximum Gasteiger partial charge on any atom is 0.325 e. The highest BCUT2D eigenvalue weighted by molar-refractivity contribution is 7.51. The van der Waals surface area contributed by atoms with Crippen LogP contribution in [0.15, 0.2) is 42.5 Å². The third kappa shape index (κ3) is 8.67. The first-order chi connectivity index (χ1) is 13.1. The summed E-state index contributed by atoms with van der Waals surface area (Å²) in [4.78, 5) is 32.1. The Morgan fingerprint density at radius 1 is 1.18 bits per heavy atom. The van der Waals surface area contributed by atoms with Crippen molar-refractivity contribution in [3.8, 4) is 5.75 Å². The summed E-state index contributed by atoms with van der Waals surface area (Å²) in [7, 11) is -4.03. The fraction of sp³-hybridized carbons (Fsp3) is 0.450. The predicted molar refractivity (Wildman–Crippen MR) is 112 cm³/mol. The molecule has 2 aromatic rings. The summed E-state index contributed by atoms with van der Waals surface area (Å²) >= 11 is 1.46. The van der Waals surface area contributed by atoms with Gasteiger partial charge in [-0.25, -0.2) is 0 Å². The molecule has 4 N–H and O–H groups in total. The summed E-state index contributed by atoms with van der Waals surface area (Å²) in [5, 5.41) is 0. The van der Waals surface area contributed by atoms with Crippen LogP contribution in [0.1, 0.15) is 47.2 Å². The highest BCUT2D eigenvalue weighted by Gasteiger charge is 2.24. The minimum absolute atomic E-state index is 0.102. The average molecular weight is 425 g/mol. The molecule has 0 fully saturated rings. The van der Waals surface area contributed by atoms with Crippen molar-refractivity contribution in [3.63, 3.8) is 0 Å². The van der Waals surface area contributed by atoms with E-state index in [1.165, 1.54) is 11.3 Å². The van der Waals surface area contributed by atoms with E-state index in [1.54, 1.807) is 6.92 Å². The molecule has 0 aliphatic rings. The van der Waals surface area contributed by atoms with Crippen LogP contribution in [0.3, 0.4) is 0 Å². The van der Waals surface area contributed by atoms with Crippen LogP contribution in [0.4, 0.5) is 0 Å². The number of ketones is 1. The zero-order chi connectivity index (χ0) is 20.6. The van der Waals surface area contributed by atoms with E-state index < -0.39 is 13.1 Å². The molecule has 0 aliphatic carbocycles. The average Bonchev–Trinajstić information content (AvgIpc) is 3.12. The van der Waals surface area contributed by atoms with Crippen molar-refractivity contribution >= 4 is 24.7 Å². The molecule has 1 heterocycles. The van der Waals surface area contributed by atoms with E-state index in [4.69, 9.17) is 20.3 Å². The van der Waals surface area contributed by atoms with Gasteiger partial charge in [0.05, 0.1) is 17.6 Å². The van der Waals surface area contributed by atoms with Crippen LogP contribution < -0.4 is 10.5 Å². The predicted octanol–water partition coefficient (Wildman–Crippen LogP) is 4.01. The van der Waals surface area contributed by atoms with E-state index in [2.05, 4.69) is 0 Å². The second-order valence-electron chi connectivity index (χ2n) is 7.25. The molecule has 6 nitrogen and oxygen atoms in total. The van der Waals surface area contributed by atoms with Gasteiger partial charge in [-0.15, -0.1) is 11.3 Å². The van der Waals surface area contributed by atoms with Gasteiger partial charge in [-0.3, -0.25) is 9.36 Å². The highest BCUT2D eigenvalue weighted by Crippen LogP contribution is 2.37. The monoisotopic (exact) mass is 425 g/mol. The van der Waals surface area contributed by atoms with Crippen LogP contribution >= 0.6 is 18.9 Å². The lowest BCUT2D eigenvalue weighted by Crippen LogP contribution is -2.37. The molecule has 0 saturated heterocycles. The van der Waals surface area contributed by atoms with E-state index in [0.717, 1.165) is 15.5 Å². The summed E-state index contributed by atoms with van der Waals surface area (Å²) < 4.78 is 16.6. The van der Waals surface area contributed by atoms with Crippen LogP contribution in [0.5, 0.6) is 5.75 Å². The van der Waals surface area contributed by atoms with Gasteiger partial charge in [0.25, 0.3) is 0 Å². The number of para-hydroxylation sites is 1. The molecule has 28 heavy (non-hydrogen) atoms. The van der Waals surface area contributed by atoms with Gasteiger partial charge >= 0.3 is 7.60 Å². The van der Waals surface area contributed by atoms with Gasteiger partial charge in [-0.05, 0) is 56.9 Å². The first kappa shape index (κ1) is 22.8. The third-order valence-corrected chi connectivity index (χ3v) is 6.41. The molecule has 0 bridgehead atoms. The molecular formula is C20H28NO5PS. The summed E-state index contributed by atoms with van der Waals surface area (Å²) in [6.07, 6.45) is 2.43. The highest BCUT2D eigenvalue weighted by atomic mass is 32.1. The Hall–Kier alpha value is -1.50. The first-order valence-electron chi connectivity index (χ1n) is 9.28. The van der Waals surface area contributed by atoms with Crippen LogP contribution in [-0.2, 0) is 11.0 Å². The molecular weight excluding hydrogens is 397 g/mol. The molecule has 1 atom stereocenters. The Labute approximate surface area is 169 Å². The molecule has 8 heteroatoms. The Bertz CT molecular complexity index is 800. The minimum atomic E-state index is -4.03. The largest absolute Gasteiger partial charge is 0.494 e. The fourth-order valence-corrected chi connectivity index (χ4v) is 4.44. The SMILES string of the molecule is CC(N)(CCc1ccc(C(=O)CCCOc2ccccc2)s1)CCP(=O)(O)O. The van der Waals surface area contributed by atoms with Crippen molar-refractivity contribution in [2.24, 2.45) is 5.73 Å². The number of Topliss-reactive ketones (excluding diaryl/α,β-unsaturated/α-hetero) is 1. The van der Waals surface area contributed by atoms with Gasteiger partial charge in [0.1, 0.15) is 5.75 Å². The van der Waals surface area contributed by atoms with Crippen molar-refractivity contribution in [1.82, 2.24) is 0 Å². The van der Waals surface area contributed by atoms with Crippen molar-refractivity contribution in [3.05, 3.63) is 52.2 Å². The van der Waals surface area contributed by atoms with E-state index in [1.807, 2.05) is 42.5 Å². The van der Waals surface area contributed by atoms with E-state index in [9.17, 15) is 9.36 Å². The van der Waals surface area contributed by atoms with Crippen molar-refractivity contribution < 1.29 is 23.9 Å². The number of hydrogen-bond donors (Lipinski definition) is 3. The molecule has 0 spiro atoms. The molecule has 0 saturated carbocycles. The van der Waals surface area contributed by atoms with Crippen LogP contribution in [0.2, 0.25) is 0 Å². The van der Waals surface area contributed by atoms with Crippen molar-refractivity contribution in [2.45, 2.75) is 44.6 Å². The first-order valence-corrected chi connectivity index (χ1v) is 11.9. The molecule has 0 amide bonds. The number of carbonyl (C=O) groups excluding carboxylic acids is 1. The lowest BCUT2D eigenvalue weighted by atomic mass is 9.94. The Kier molecular flexibility index (Phi) is 8.40. The normalized spacial score (nSPS) is 13.9. The maximum atomic E-state index is 12.3. The van der Waals surface area contributed by atoms with Crippen molar-refractivity contribution in [1.29, 1.82) is 0 Å². The number of hydrogen-bond acceptors (Lipinski definition) is 5. The number of nitrogens with two attached hydrogens (primary N) is 1. The molecule has 2 rings (SSSR count). The minimum Gasteiger partial charge on any atom is -0.494 e. The standard InChI is InChI=1S/C20H28NO5PS/c1-20(21,13-15-27(23,24)25)12-11-17-9-10-19(28-17)18(22)8-5-14-26-16-6-3-2-4-7-16/h2-4,6-7,9-10H,5,8,11-15,21H2,1H3,(H2,23,24,25). The molecule has 154 valence electrons. The number of benzene rings is 1. The molecule has 1 unspecified atom stereocenters. The Balaban J connectivity index is 1.73. The van der Waals surface area contributed by atoms with E-state index >= 15 is 0 Å². The Morgan fingerprint density at radius 3 is 2.57 bits per heavy atom. The van der Waals surface area contributed by atoms with Gasteiger partial charge in [0, 0.05) is 16.8 Å². The van der Waals surface area contributed by atoms with Crippen LogP contribution in [-0.4, -0.2) is 33.9 Å². The third-order valence-electron chi connectivity index (χ3n) is 4.41. The molecule has 0 aliphatic heterocycles. The maximum absolute atomic E-state index is 12.3. The quantitative estimate of drug-likeness (QED) is 0.269. The Morgan fingerprint density at radius 2 is 1.89 bits per heavy atom. The van der Waals surface area contributed by atoms with Gasteiger partial charge in [-0.1, -0.05) is 18.2 Å². The lowest BCUT2D eigenvalue weighted by Gasteiger charge is -2.24. The van der Waals surface area contributed by atoms with Gasteiger partial charge in [0.15, 0.2) is 5.78 Å². The zero-order valence-electron chi connectivity index (χ0n) is 16.0. The number of thiophene rings is 1. The number of ether oxygens (including phenoxy) is 1. The smallest absolute Gasteiger partial charge is 0.325 e. The summed E-state index contributed by atoms with van der Waals surface area (Å²) in [6.45, 7) is 2.30. The topological polar surface area (TPSA) is 110 Å². The molecule has 1 aromatic carbocycles. The van der Waals surface area contributed by atoms with E-state index in [0.29, 0.717) is 32.3 Å². The summed E-state index contributed by atoms with van der Waals surface area (Å²) in [5.74, 6) is 0.905. The zero-order valence-corrected chi connectivity index (χ0v) is 17.8. The molecule has 1 aromatic heterocycles. The second-order valence-corrected chi connectivity index (χ2v) is 10.2. The lowest BCUT2D eigenvalue weighted by molar-refractivity contribution is 0.0977. The van der Waals surface area contributed by atoms with Crippen LogP contribution in [0, 0.1) is 0 Å². The number of rotatable bonds is 12. The number of carbonyl (C=O) groups is 1. The second kappa shape index (κ2) is 10.3. The summed E-state index contributed by atoms with van der Waals surface area (Å²) in [5.41, 5.74) is 5.50. The van der Waals surface area contributed by atoms with Gasteiger partial charge in [-0.2, -0.15) is 0 Å².